The second kappa shape index (κ2) is 11.9. The molecule has 1 amide bonds. The fourth-order valence-electron chi connectivity index (χ4n) is 3.88. The van der Waals surface area contributed by atoms with Gasteiger partial charge in [0.15, 0.2) is 0 Å². The SMILES string of the molecule is CN1CCN(c2ccccc2/C=C(\C(=O)NCc2ccc(Cl)cc2)c2ccccc2)CC1.Cl. The number of rotatable bonds is 6. The van der Waals surface area contributed by atoms with Crippen molar-refractivity contribution in [3.05, 3.63) is 101 Å². The van der Waals surface area contributed by atoms with Crippen molar-refractivity contribution in [2.24, 2.45) is 0 Å². The zero-order valence-corrected chi connectivity index (χ0v) is 20.3. The third-order valence-electron chi connectivity index (χ3n) is 5.78. The van der Waals surface area contributed by atoms with Crippen LogP contribution in [-0.4, -0.2) is 44.0 Å². The van der Waals surface area contributed by atoms with E-state index in [-0.39, 0.29) is 18.3 Å². The Bertz CT molecular complexity index is 1080. The number of anilines is 1. The molecule has 0 aromatic heterocycles. The van der Waals surface area contributed by atoms with Gasteiger partial charge in [0.2, 0.25) is 0 Å². The standard InChI is InChI=1S/C27H28ClN3O.ClH/c1-30-15-17-31(18-16-30)26-10-6-5-9-23(26)19-25(22-7-3-2-4-8-22)27(32)29-20-21-11-13-24(28)14-12-21;/h2-14,19H,15-18,20H2,1H3,(H,29,32);1H/b25-19-;. The molecule has 0 atom stereocenters. The molecule has 0 saturated carbocycles. The van der Waals surface area contributed by atoms with Crippen molar-refractivity contribution < 1.29 is 4.79 Å². The van der Waals surface area contributed by atoms with E-state index in [1.54, 1.807) is 0 Å². The van der Waals surface area contributed by atoms with E-state index < -0.39 is 0 Å². The molecule has 1 saturated heterocycles. The number of para-hydroxylation sites is 1. The molecule has 33 heavy (non-hydrogen) atoms. The van der Waals surface area contributed by atoms with E-state index >= 15 is 0 Å². The van der Waals surface area contributed by atoms with Crippen molar-refractivity contribution in [2.45, 2.75) is 6.54 Å². The van der Waals surface area contributed by atoms with Gasteiger partial charge in [-0.1, -0.05) is 72.3 Å². The summed E-state index contributed by atoms with van der Waals surface area (Å²) in [6.07, 6.45) is 2.01. The normalized spacial score (nSPS) is 14.5. The minimum absolute atomic E-state index is 0. The lowest BCUT2D eigenvalue weighted by atomic mass is 10.0. The van der Waals surface area contributed by atoms with Crippen LogP contribution in [0.3, 0.4) is 0 Å². The van der Waals surface area contributed by atoms with Crippen LogP contribution in [0.25, 0.3) is 11.6 Å². The summed E-state index contributed by atoms with van der Waals surface area (Å²) in [7, 11) is 2.15. The zero-order valence-electron chi connectivity index (χ0n) is 18.7. The van der Waals surface area contributed by atoms with E-state index in [0.717, 1.165) is 42.9 Å². The summed E-state index contributed by atoms with van der Waals surface area (Å²) in [5.74, 6) is -0.0978. The van der Waals surface area contributed by atoms with Gasteiger partial charge in [-0.2, -0.15) is 0 Å². The molecule has 4 rings (SSSR count). The molecule has 1 fully saturated rings. The van der Waals surface area contributed by atoms with Crippen LogP contribution in [0.1, 0.15) is 16.7 Å². The van der Waals surface area contributed by atoms with E-state index in [2.05, 4.69) is 40.4 Å². The van der Waals surface area contributed by atoms with Crippen LogP contribution in [-0.2, 0) is 11.3 Å². The second-order valence-electron chi connectivity index (χ2n) is 8.08. The molecule has 1 N–H and O–H groups in total. The summed E-state index contributed by atoms with van der Waals surface area (Å²) < 4.78 is 0. The Balaban J connectivity index is 0.00000306. The van der Waals surface area contributed by atoms with Gasteiger partial charge < -0.3 is 15.1 Å². The van der Waals surface area contributed by atoms with E-state index in [9.17, 15) is 4.79 Å². The summed E-state index contributed by atoms with van der Waals surface area (Å²) in [4.78, 5) is 18.0. The second-order valence-corrected chi connectivity index (χ2v) is 8.52. The van der Waals surface area contributed by atoms with E-state index in [4.69, 9.17) is 11.6 Å². The number of nitrogens with zero attached hydrogens (tertiary/aromatic N) is 2. The van der Waals surface area contributed by atoms with Gasteiger partial charge in [0, 0.05) is 49.0 Å². The summed E-state index contributed by atoms with van der Waals surface area (Å²) >= 11 is 5.98. The third kappa shape index (κ3) is 6.61. The molecular weight excluding hydrogens is 453 g/mol. The first-order valence-corrected chi connectivity index (χ1v) is 11.3. The summed E-state index contributed by atoms with van der Waals surface area (Å²) in [5, 5.41) is 3.76. The molecule has 0 spiro atoms. The van der Waals surface area contributed by atoms with Crippen LogP contribution >= 0.6 is 24.0 Å². The van der Waals surface area contributed by atoms with Gasteiger partial charge in [0.05, 0.1) is 0 Å². The van der Waals surface area contributed by atoms with Crippen LogP contribution in [0.4, 0.5) is 5.69 Å². The number of hydrogen-bond acceptors (Lipinski definition) is 3. The lowest BCUT2D eigenvalue weighted by molar-refractivity contribution is -0.115. The van der Waals surface area contributed by atoms with Crippen LogP contribution in [0, 0.1) is 0 Å². The molecule has 4 nitrogen and oxygen atoms in total. The van der Waals surface area contributed by atoms with Gasteiger partial charge in [-0.15, -0.1) is 12.4 Å². The van der Waals surface area contributed by atoms with Crippen LogP contribution in [0.2, 0.25) is 5.02 Å². The maximum atomic E-state index is 13.3. The highest BCUT2D eigenvalue weighted by Gasteiger charge is 2.18. The smallest absolute Gasteiger partial charge is 0.252 e. The molecule has 1 heterocycles. The first-order valence-electron chi connectivity index (χ1n) is 10.9. The average molecular weight is 482 g/mol. The number of carbonyl (C=O) groups is 1. The highest BCUT2D eigenvalue weighted by Crippen LogP contribution is 2.27. The number of carbonyl (C=O) groups excluding carboxylic acids is 1. The number of hydrogen-bond donors (Lipinski definition) is 1. The molecule has 1 aliphatic rings. The van der Waals surface area contributed by atoms with Crippen LogP contribution in [0.15, 0.2) is 78.9 Å². The highest BCUT2D eigenvalue weighted by molar-refractivity contribution is 6.30. The maximum absolute atomic E-state index is 13.3. The van der Waals surface area contributed by atoms with Crippen molar-refractivity contribution in [1.82, 2.24) is 10.2 Å². The summed E-state index contributed by atoms with van der Waals surface area (Å²) in [6.45, 7) is 4.46. The van der Waals surface area contributed by atoms with E-state index in [1.165, 1.54) is 5.69 Å². The van der Waals surface area contributed by atoms with Gasteiger partial charge in [-0.05, 0) is 48.0 Å². The molecule has 0 unspecified atom stereocenters. The molecule has 6 heteroatoms. The van der Waals surface area contributed by atoms with E-state index in [1.807, 2.05) is 66.7 Å². The quantitative estimate of drug-likeness (QED) is 0.379. The van der Waals surface area contributed by atoms with Gasteiger partial charge in [-0.3, -0.25) is 4.79 Å². The Morgan fingerprint density at radius 2 is 1.55 bits per heavy atom. The Morgan fingerprint density at radius 1 is 0.909 bits per heavy atom. The molecule has 1 aliphatic heterocycles. The lowest BCUT2D eigenvalue weighted by Gasteiger charge is -2.35. The Hall–Kier alpha value is -2.79. The first kappa shape index (κ1) is 24.8. The summed E-state index contributed by atoms with van der Waals surface area (Å²) in [5.41, 5.74) is 4.78. The topological polar surface area (TPSA) is 35.6 Å². The van der Waals surface area contributed by atoms with Crippen LogP contribution in [0.5, 0.6) is 0 Å². The number of halogens is 2. The Labute approximate surface area is 207 Å². The highest BCUT2D eigenvalue weighted by atomic mass is 35.5. The number of benzene rings is 3. The van der Waals surface area contributed by atoms with Crippen molar-refractivity contribution in [1.29, 1.82) is 0 Å². The first-order chi connectivity index (χ1) is 15.6. The fraction of sp³-hybridized carbons (Fsp3) is 0.222. The van der Waals surface area contributed by atoms with Crippen molar-refractivity contribution in [3.8, 4) is 0 Å². The lowest BCUT2D eigenvalue weighted by Crippen LogP contribution is -2.44. The maximum Gasteiger partial charge on any atom is 0.252 e. The fourth-order valence-corrected chi connectivity index (χ4v) is 4.00. The Morgan fingerprint density at radius 3 is 2.24 bits per heavy atom. The van der Waals surface area contributed by atoms with Crippen molar-refractivity contribution in [2.75, 3.05) is 38.1 Å². The molecule has 0 radical (unpaired) electrons. The number of nitrogens with one attached hydrogen (secondary N) is 1. The van der Waals surface area contributed by atoms with Crippen LogP contribution < -0.4 is 10.2 Å². The van der Waals surface area contributed by atoms with Gasteiger partial charge >= 0.3 is 0 Å². The molecular formula is C27H29Cl2N3O. The minimum atomic E-state index is -0.0978. The van der Waals surface area contributed by atoms with Crippen molar-refractivity contribution >= 4 is 47.3 Å². The van der Waals surface area contributed by atoms with Gasteiger partial charge in [0.25, 0.3) is 5.91 Å². The number of amides is 1. The molecule has 3 aromatic carbocycles. The third-order valence-corrected chi connectivity index (χ3v) is 6.03. The molecule has 3 aromatic rings. The Kier molecular flexibility index (Phi) is 8.95. The predicted molar refractivity (Wildman–Crippen MR) is 141 cm³/mol. The minimum Gasteiger partial charge on any atom is -0.368 e. The van der Waals surface area contributed by atoms with Gasteiger partial charge in [0.1, 0.15) is 0 Å². The molecule has 0 aliphatic carbocycles. The molecule has 172 valence electrons. The van der Waals surface area contributed by atoms with Gasteiger partial charge in [-0.25, -0.2) is 0 Å². The van der Waals surface area contributed by atoms with Crippen molar-refractivity contribution in [3.63, 3.8) is 0 Å². The number of piperazine rings is 1. The average Bonchev–Trinajstić information content (AvgIpc) is 2.83. The van der Waals surface area contributed by atoms with E-state index in [0.29, 0.717) is 17.1 Å². The monoisotopic (exact) mass is 481 g/mol. The largest absolute Gasteiger partial charge is 0.368 e. The number of likely N-dealkylation sites (N-methyl/N-ethyl adjacent to an activating group) is 1. The zero-order chi connectivity index (χ0) is 22.3. The predicted octanol–water partition coefficient (Wildman–Crippen LogP) is 5.37. The molecule has 0 bridgehead atoms. The summed E-state index contributed by atoms with van der Waals surface area (Å²) in [6, 6.07) is 25.7.